The molecule has 2 aromatic rings. The fourth-order valence-corrected chi connectivity index (χ4v) is 3.45. The number of aromatic nitrogens is 1. The van der Waals surface area contributed by atoms with E-state index in [2.05, 4.69) is 16.5 Å². The highest BCUT2D eigenvalue weighted by Crippen LogP contribution is 2.17. The molecule has 1 aromatic carbocycles. The number of nitrogens with one attached hydrogen (secondary N) is 1. The first-order valence-electron chi connectivity index (χ1n) is 9.63. The summed E-state index contributed by atoms with van der Waals surface area (Å²) in [6.45, 7) is 7.17. The molecule has 1 fully saturated rings. The number of nitrogens with zero attached hydrogens (tertiary/aromatic N) is 2. The Morgan fingerprint density at radius 3 is 2.54 bits per heavy atom. The Morgan fingerprint density at radius 1 is 1.18 bits per heavy atom. The first-order chi connectivity index (χ1) is 13.4. The number of ether oxygens (including phenoxy) is 1. The molecule has 2 amide bonds. The van der Waals surface area contributed by atoms with Gasteiger partial charge in [-0.1, -0.05) is 11.2 Å². The molecule has 1 aliphatic heterocycles. The van der Waals surface area contributed by atoms with Crippen LogP contribution >= 0.6 is 0 Å². The van der Waals surface area contributed by atoms with Gasteiger partial charge in [0, 0.05) is 37.9 Å². The Labute approximate surface area is 165 Å². The smallest absolute Gasteiger partial charge is 0.276 e. The molecule has 0 spiro atoms. The lowest BCUT2D eigenvalue weighted by Gasteiger charge is -2.24. The second-order valence-electron chi connectivity index (χ2n) is 7.38. The predicted octanol–water partition coefficient (Wildman–Crippen LogP) is 3.25. The molecule has 1 atom stereocenters. The second-order valence-corrected chi connectivity index (χ2v) is 7.38. The van der Waals surface area contributed by atoms with E-state index in [4.69, 9.17) is 9.26 Å². The maximum atomic E-state index is 12.8. The number of hydrogen-bond donors (Lipinski definition) is 1. The zero-order chi connectivity index (χ0) is 20.1. The molecule has 0 unspecified atom stereocenters. The van der Waals surface area contributed by atoms with Gasteiger partial charge in [0.2, 0.25) is 5.91 Å². The molecule has 1 saturated heterocycles. The quantitative estimate of drug-likeness (QED) is 0.791. The highest BCUT2D eigenvalue weighted by molar-refractivity contribution is 5.94. The Balaban J connectivity index is 1.62. The molecular weight excluding hydrogens is 358 g/mol. The van der Waals surface area contributed by atoms with Crippen molar-refractivity contribution in [2.75, 3.05) is 25.0 Å². The second kappa shape index (κ2) is 9.01. The van der Waals surface area contributed by atoms with E-state index in [-0.39, 0.29) is 30.0 Å². The maximum absolute atomic E-state index is 12.8. The van der Waals surface area contributed by atoms with E-state index in [0.717, 1.165) is 29.7 Å². The number of rotatable bonds is 7. The summed E-state index contributed by atoms with van der Waals surface area (Å²) in [5, 5.41) is 6.73. The Kier molecular flexibility index (Phi) is 6.46. The molecule has 1 aromatic heterocycles. The molecule has 3 rings (SSSR count). The largest absolute Gasteiger partial charge is 0.376 e. The minimum absolute atomic E-state index is 0.000526. The maximum Gasteiger partial charge on any atom is 0.276 e. The van der Waals surface area contributed by atoms with Crippen LogP contribution in [0.25, 0.3) is 0 Å². The number of carbonyl (C=O) groups excluding carboxylic acids is 2. The van der Waals surface area contributed by atoms with Crippen molar-refractivity contribution in [2.24, 2.45) is 0 Å². The first-order valence-corrected chi connectivity index (χ1v) is 9.63. The molecule has 0 saturated carbocycles. The molecule has 1 N–H and O–H groups in total. The van der Waals surface area contributed by atoms with Crippen LogP contribution in [0.5, 0.6) is 0 Å². The van der Waals surface area contributed by atoms with Crippen LogP contribution in [0.1, 0.15) is 46.6 Å². The minimum atomic E-state index is -0.244. The lowest BCUT2D eigenvalue weighted by molar-refractivity contribution is -0.116. The molecule has 0 aliphatic carbocycles. The van der Waals surface area contributed by atoms with Gasteiger partial charge in [-0.3, -0.25) is 9.59 Å². The van der Waals surface area contributed by atoms with Crippen molar-refractivity contribution >= 4 is 17.5 Å². The van der Waals surface area contributed by atoms with Crippen molar-refractivity contribution in [3.8, 4) is 0 Å². The number of amides is 2. The van der Waals surface area contributed by atoms with Gasteiger partial charge in [-0.25, -0.2) is 0 Å². The average Bonchev–Trinajstić information content (AvgIpc) is 3.28. The molecule has 1 aliphatic rings. The highest BCUT2D eigenvalue weighted by Gasteiger charge is 2.25. The van der Waals surface area contributed by atoms with Crippen molar-refractivity contribution in [1.29, 1.82) is 0 Å². The summed E-state index contributed by atoms with van der Waals surface area (Å²) in [6, 6.07) is 7.52. The molecule has 28 heavy (non-hydrogen) atoms. The third kappa shape index (κ3) is 5.42. The molecule has 150 valence electrons. The zero-order valence-corrected chi connectivity index (χ0v) is 16.7. The molecule has 0 bridgehead atoms. The summed E-state index contributed by atoms with van der Waals surface area (Å²) >= 11 is 0. The van der Waals surface area contributed by atoms with E-state index in [1.54, 1.807) is 17.9 Å². The lowest BCUT2D eigenvalue weighted by atomic mass is 10.1. The van der Waals surface area contributed by atoms with E-state index in [0.29, 0.717) is 25.5 Å². The molecule has 7 heteroatoms. The van der Waals surface area contributed by atoms with E-state index in [9.17, 15) is 9.59 Å². The Hall–Kier alpha value is -2.67. The van der Waals surface area contributed by atoms with E-state index >= 15 is 0 Å². The van der Waals surface area contributed by atoms with Gasteiger partial charge in [-0.15, -0.1) is 0 Å². The zero-order valence-electron chi connectivity index (χ0n) is 16.7. The molecule has 0 radical (unpaired) electrons. The van der Waals surface area contributed by atoms with Crippen molar-refractivity contribution < 1.29 is 18.8 Å². The van der Waals surface area contributed by atoms with Gasteiger partial charge in [0.05, 0.1) is 6.10 Å². The van der Waals surface area contributed by atoms with E-state index in [1.165, 1.54) is 0 Å². The fourth-order valence-electron chi connectivity index (χ4n) is 3.45. The molecule has 2 heterocycles. The van der Waals surface area contributed by atoms with Gasteiger partial charge in [0.25, 0.3) is 5.91 Å². The summed E-state index contributed by atoms with van der Waals surface area (Å²) in [5.74, 6) is 0.200. The van der Waals surface area contributed by atoms with E-state index in [1.807, 2.05) is 26.0 Å². The van der Waals surface area contributed by atoms with Crippen LogP contribution in [0.15, 0.2) is 28.8 Å². The van der Waals surface area contributed by atoms with E-state index < -0.39 is 0 Å². The minimum Gasteiger partial charge on any atom is -0.376 e. The topological polar surface area (TPSA) is 84.7 Å². The number of hydrogen-bond acceptors (Lipinski definition) is 5. The lowest BCUT2D eigenvalue weighted by Crippen LogP contribution is -2.39. The number of aryl methyl sites for hydroxylation is 3. The van der Waals surface area contributed by atoms with Gasteiger partial charge < -0.3 is 19.5 Å². The van der Waals surface area contributed by atoms with Gasteiger partial charge in [0.15, 0.2) is 5.69 Å². The molecular formula is C21H27N3O4. The van der Waals surface area contributed by atoms with Crippen molar-refractivity contribution in [2.45, 2.75) is 46.1 Å². The van der Waals surface area contributed by atoms with Crippen LogP contribution in [0.3, 0.4) is 0 Å². The third-order valence-electron chi connectivity index (χ3n) is 4.70. The highest BCUT2D eigenvalue weighted by atomic mass is 16.5. The van der Waals surface area contributed by atoms with Crippen LogP contribution in [0.4, 0.5) is 5.69 Å². The summed E-state index contributed by atoms with van der Waals surface area (Å²) in [4.78, 5) is 26.9. The summed E-state index contributed by atoms with van der Waals surface area (Å²) in [7, 11) is 0. The summed E-state index contributed by atoms with van der Waals surface area (Å²) < 4.78 is 10.7. The van der Waals surface area contributed by atoms with Crippen molar-refractivity contribution in [3.63, 3.8) is 0 Å². The average molecular weight is 385 g/mol. The Bertz CT molecular complexity index is 820. The number of anilines is 1. The van der Waals surface area contributed by atoms with Gasteiger partial charge in [0.1, 0.15) is 5.76 Å². The van der Waals surface area contributed by atoms with Gasteiger partial charge in [-0.2, -0.15) is 0 Å². The summed E-state index contributed by atoms with van der Waals surface area (Å²) in [6.07, 6.45) is 2.10. The number of benzene rings is 1. The van der Waals surface area contributed by atoms with Crippen LogP contribution in [0.2, 0.25) is 0 Å². The number of carbonyl (C=O) groups is 2. The Morgan fingerprint density at radius 2 is 1.93 bits per heavy atom. The van der Waals surface area contributed by atoms with Crippen molar-refractivity contribution in [3.05, 3.63) is 46.8 Å². The van der Waals surface area contributed by atoms with Crippen LogP contribution < -0.4 is 5.32 Å². The van der Waals surface area contributed by atoms with Gasteiger partial charge in [-0.05, 0) is 56.9 Å². The fraction of sp³-hybridized carbons (Fsp3) is 0.476. The van der Waals surface area contributed by atoms with Gasteiger partial charge >= 0.3 is 0 Å². The summed E-state index contributed by atoms with van der Waals surface area (Å²) in [5.41, 5.74) is 3.20. The predicted molar refractivity (Wildman–Crippen MR) is 105 cm³/mol. The molecule has 7 nitrogen and oxygen atoms in total. The van der Waals surface area contributed by atoms with Crippen LogP contribution in [-0.2, 0) is 9.53 Å². The van der Waals surface area contributed by atoms with Crippen LogP contribution in [-0.4, -0.2) is 47.7 Å². The third-order valence-corrected chi connectivity index (χ3v) is 4.70. The monoisotopic (exact) mass is 385 g/mol. The van der Waals surface area contributed by atoms with Crippen molar-refractivity contribution in [1.82, 2.24) is 10.1 Å². The van der Waals surface area contributed by atoms with Crippen LogP contribution in [0, 0.1) is 20.8 Å². The first kappa shape index (κ1) is 20.1. The SMILES string of the molecule is Cc1cc(C)cc(NC(=O)CCN(C[C@H]2CCCO2)C(=O)c2cc(C)on2)c1. The normalized spacial score (nSPS) is 16.2. The standard InChI is InChI=1S/C21H27N3O4/c1-14-9-15(2)11-17(10-14)22-20(25)6-7-24(13-18-5-4-8-27-18)21(26)19-12-16(3)28-23-19/h9-12,18H,4-8,13H2,1-3H3,(H,22,25)/t18-/m1/s1.